The molecule has 3 nitrogen and oxygen atoms in total. The summed E-state index contributed by atoms with van der Waals surface area (Å²) in [5.41, 5.74) is 7.90. The van der Waals surface area contributed by atoms with E-state index < -0.39 is 5.97 Å². The zero-order chi connectivity index (χ0) is 10.8. The fraction of sp³-hybridized carbons (Fsp3) is 0.417. The molecule has 0 saturated heterocycles. The normalized spacial score (nSPS) is 16.8. The van der Waals surface area contributed by atoms with E-state index in [9.17, 15) is 4.79 Å². The van der Waals surface area contributed by atoms with E-state index in [1.165, 1.54) is 25.7 Å². The Hall–Kier alpha value is -1.51. The highest BCUT2D eigenvalue weighted by atomic mass is 16.4. The Morgan fingerprint density at radius 2 is 2.00 bits per heavy atom. The van der Waals surface area contributed by atoms with Crippen molar-refractivity contribution < 1.29 is 9.90 Å². The van der Waals surface area contributed by atoms with Gasteiger partial charge >= 0.3 is 5.97 Å². The molecule has 0 unspecified atom stereocenters. The summed E-state index contributed by atoms with van der Waals surface area (Å²) in [5.74, 6) is -0.382. The standard InChI is InChI=1S/C12H15NO2/c13-11-7-9(12(14)15)5-6-10(11)8-3-1-2-4-8/h5-8H,1-4,13H2,(H,14,15). The second kappa shape index (κ2) is 3.93. The molecule has 0 aliphatic heterocycles. The number of rotatable bonds is 2. The number of carboxylic acids is 1. The Balaban J connectivity index is 2.29. The number of carbonyl (C=O) groups is 1. The number of aromatic carboxylic acids is 1. The van der Waals surface area contributed by atoms with Crippen molar-refractivity contribution in [1.29, 1.82) is 0 Å². The van der Waals surface area contributed by atoms with E-state index in [1.807, 2.05) is 6.07 Å². The Morgan fingerprint density at radius 1 is 1.33 bits per heavy atom. The van der Waals surface area contributed by atoms with Gasteiger partial charge in [-0.05, 0) is 36.5 Å². The van der Waals surface area contributed by atoms with Crippen LogP contribution in [0.1, 0.15) is 47.5 Å². The molecule has 0 radical (unpaired) electrons. The van der Waals surface area contributed by atoms with Gasteiger partial charge in [-0.15, -0.1) is 0 Å². The summed E-state index contributed by atoms with van der Waals surface area (Å²) in [4.78, 5) is 10.7. The average molecular weight is 205 g/mol. The first kappa shape index (κ1) is 10.0. The number of carboxylic acid groups (broad SMARTS) is 1. The van der Waals surface area contributed by atoms with Gasteiger partial charge < -0.3 is 10.8 Å². The van der Waals surface area contributed by atoms with Crippen LogP contribution in [0.5, 0.6) is 0 Å². The van der Waals surface area contributed by atoms with E-state index >= 15 is 0 Å². The van der Waals surface area contributed by atoms with Crippen LogP contribution in [0.15, 0.2) is 18.2 Å². The van der Waals surface area contributed by atoms with Crippen molar-refractivity contribution in [2.75, 3.05) is 5.73 Å². The Kier molecular flexibility index (Phi) is 2.62. The third-order valence-corrected chi connectivity index (χ3v) is 3.13. The van der Waals surface area contributed by atoms with Crippen molar-refractivity contribution >= 4 is 11.7 Å². The fourth-order valence-electron chi connectivity index (χ4n) is 2.32. The molecular formula is C12H15NO2. The Labute approximate surface area is 88.9 Å². The van der Waals surface area contributed by atoms with Crippen LogP contribution in [0.25, 0.3) is 0 Å². The molecule has 15 heavy (non-hydrogen) atoms. The van der Waals surface area contributed by atoms with E-state index in [4.69, 9.17) is 10.8 Å². The average Bonchev–Trinajstić information content (AvgIpc) is 2.70. The number of nitrogen functional groups attached to an aromatic ring is 1. The largest absolute Gasteiger partial charge is 0.478 e. The lowest BCUT2D eigenvalue weighted by atomic mass is 9.95. The van der Waals surface area contributed by atoms with Gasteiger partial charge in [-0.1, -0.05) is 18.9 Å². The zero-order valence-corrected chi connectivity index (χ0v) is 8.57. The minimum absolute atomic E-state index is 0.272. The van der Waals surface area contributed by atoms with E-state index in [2.05, 4.69) is 0 Å². The zero-order valence-electron chi connectivity index (χ0n) is 8.57. The number of anilines is 1. The third-order valence-electron chi connectivity index (χ3n) is 3.13. The van der Waals surface area contributed by atoms with E-state index in [-0.39, 0.29) is 5.56 Å². The van der Waals surface area contributed by atoms with Crippen molar-refractivity contribution in [1.82, 2.24) is 0 Å². The summed E-state index contributed by atoms with van der Waals surface area (Å²) in [7, 11) is 0. The third kappa shape index (κ3) is 1.96. The lowest BCUT2D eigenvalue weighted by Gasteiger charge is -2.12. The fourth-order valence-corrected chi connectivity index (χ4v) is 2.32. The molecule has 2 rings (SSSR count). The molecule has 0 atom stereocenters. The molecular weight excluding hydrogens is 190 g/mol. The van der Waals surface area contributed by atoms with Gasteiger partial charge in [-0.2, -0.15) is 0 Å². The molecule has 1 saturated carbocycles. The van der Waals surface area contributed by atoms with Crippen LogP contribution in [0, 0.1) is 0 Å². The van der Waals surface area contributed by atoms with Crippen LogP contribution >= 0.6 is 0 Å². The molecule has 1 aliphatic carbocycles. The van der Waals surface area contributed by atoms with Crippen LogP contribution in [-0.2, 0) is 0 Å². The lowest BCUT2D eigenvalue weighted by molar-refractivity contribution is 0.0697. The second-order valence-electron chi connectivity index (χ2n) is 4.13. The second-order valence-corrected chi connectivity index (χ2v) is 4.13. The minimum Gasteiger partial charge on any atom is -0.478 e. The van der Waals surface area contributed by atoms with Gasteiger partial charge in [0.2, 0.25) is 0 Å². The van der Waals surface area contributed by atoms with Gasteiger partial charge in [0.15, 0.2) is 0 Å². The van der Waals surface area contributed by atoms with E-state index in [0.29, 0.717) is 11.6 Å². The van der Waals surface area contributed by atoms with Gasteiger partial charge in [0.1, 0.15) is 0 Å². The topological polar surface area (TPSA) is 63.3 Å². The summed E-state index contributed by atoms with van der Waals surface area (Å²) in [6.07, 6.45) is 4.86. The minimum atomic E-state index is -0.917. The quantitative estimate of drug-likeness (QED) is 0.729. The summed E-state index contributed by atoms with van der Waals surface area (Å²) in [6.45, 7) is 0. The van der Waals surface area contributed by atoms with Crippen LogP contribution in [0.4, 0.5) is 5.69 Å². The highest BCUT2D eigenvalue weighted by Gasteiger charge is 2.19. The molecule has 0 bridgehead atoms. The van der Waals surface area contributed by atoms with Gasteiger partial charge in [-0.25, -0.2) is 4.79 Å². The molecule has 1 aromatic carbocycles. The SMILES string of the molecule is Nc1cc(C(=O)O)ccc1C1CCCC1. The number of nitrogens with two attached hydrogens (primary N) is 1. The van der Waals surface area contributed by atoms with Crippen LogP contribution < -0.4 is 5.73 Å². The summed E-state index contributed by atoms with van der Waals surface area (Å²) >= 11 is 0. The summed E-state index contributed by atoms with van der Waals surface area (Å²) in [5, 5.41) is 8.81. The number of hydrogen-bond acceptors (Lipinski definition) is 2. The van der Waals surface area contributed by atoms with Gasteiger partial charge in [-0.3, -0.25) is 0 Å². The summed E-state index contributed by atoms with van der Waals surface area (Å²) in [6, 6.07) is 5.08. The molecule has 0 spiro atoms. The summed E-state index contributed by atoms with van der Waals surface area (Å²) < 4.78 is 0. The molecule has 1 fully saturated rings. The molecule has 0 amide bonds. The van der Waals surface area contributed by atoms with Crippen molar-refractivity contribution in [2.24, 2.45) is 0 Å². The molecule has 0 aromatic heterocycles. The molecule has 1 aromatic rings. The van der Waals surface area contributed by atoms with Crippen LogP contribution in [0.2, 0.25) is 0 Å². The van der Waals surface area contributed by atoms with Crippen molar-refractivity contribution in [3.05, 3.63) is 29.3 Å². The van der Waals surface area contributed by atoms with Gasteiger partial charge in [0.25, 0.3) is 0 Å². The Morgan fingerprint density at radius 3 is 2.53 bits per heavy atom. The molecule has 80 valence electrons. The lowest BCUT2D eigenvalue weighted by Crippen LogP contribution is -2.03. The predicted octanol–water partition coefficient (Wildman–Crippen LogP) is 2.62. The van der Waals surface area contributed by atoms with E-state index in [1.54, 1.807) is 12.1 Å². The van der Waals surface area contributed by atoms with Gasteiger partial charge in [0.05, 0.1) is 5.56 Å². The molecule has 0 heterocycles. The van der Waals surface area contributed by atoms with E-state index in [0.717, 1.165) is 5.56 Å². The predicted molar refractivity (Wildman–Crippen MR) is 59.0 cm³/mol. The van der Waals surface area contributed by atoms with Gasteiger partial charge in [0, 0.05) is 5.69 Å². The maximum absolute atomic E-state index is 10.7. The highest BCUT2D eigenvalue weighted by molar-refractivity contribution is 5.89. The van der Waals surface area contributed by atoms with Crippen LogP contribution in [-0.4, -0.2) is 11.1 Å². The molecule has 1 aliphatic rings. The maximum atomic E-state index is 10.7. The smallest absolute Gasteiger partial charge is 0.335 e. The monoisotopic (exact) mass is 205 g/mol. The Bertz CT molecular complexity index is 381. The number of hydrogen-bond donors (Lipinski definition) is 2. The molecule has 3 heteroatoms. The first-order valence-electron chi connectivity index (χ1n) is 5.31. The molecule has 3 N–H and O–H groups in total. The number of benzene rings is 1. The van der Waals surface area contributed by atoms with Crippen molar-refractivity contribution in [2.45, 2.75) is 31.6 Å². The van der Waals surface area contributed by atoms with Crippen molar-refractivity contribution in [3.8, 4) is 0 Å². The first-order chi connectivity index (χ1) is 7.18. The van der Waals surface area contributed by atoms with Crippen LogP contribution in [0.3, 0.4) is 0 Å². The maximum Gasteiger partial charge on any atom is 0.335 e. The first-order valence-corrected chi connectivity index (χ1v) is 5.31. The highest BCUT2D eigenvalue weighted by Crippen LogP contribution is 2.36. The van der Waals surface area contributed by atoms with Crippen molar-refractivity contribution in [3.63, 3.8) is 0 Å².